The van der Waals surface area contributed by atoms with Crippen molar-refractivity contribution in [2.24, 2.45) is 10.1 Å². The molecule has 0 radical (unpaired) electrons. The zero-order chi connectivity index (χ0) is 16.8. The fourth-order valence-corrected chi connectivity index (χ4v) is 3.17. The summed E-state index contributed by atoms with van der Waals surface area (Å²) in [5, 5.41) is 5.35. The molecule has 2 aromatic rings. The summed E-state index contributed by atoms with van der Waals surface area (Å²) in [6, 6.07) is 11.3. The number of anilines is 2. The Morgan fingerprint density at radius 3 is 2.83 bits per heavy atom. The summed E-state index contributed by atoms with van der Waals surface area (Å²) in [5.74, 6) is 2.30. The van der Waals surface area contributed by atoms with Crippen LogP contribution in [0.15, 0.2) is 46.5 Å². The van der Waals surface area contributed by atoms with Crippen molar-refractivity contribution in [2.45, 2.75) is 13.2 Å². The lowest BCUT2D eigenvalue weighted by Crippen LogP contribution is -2.46. The second-order valence-electron chi connectivity index (χ2n) is 5.53. The minimum absolute atomic E-state index is 0.333. The standard InChI is InChI=1S/C16H14Cl2N6/c1-9-21-22-16-20-14(23(2)11-5-3-4-10(17)8-11)12-6-7-13(18)19-15(12)24(9)16/h3-8,16,22H,1-2H3. The normalized spacial score (nSPS) is 18.3. The first kappa shape index (κ1) is 15.2. The van der Waals surface area contributed by atoms with Gasteiger partial charge in [0, 0.05) is 17.8 Å². The van der Waals surface area contributed by atoms with Gasteiger partial charge in [-0.25, -0.2) is 9.98 Å². The van der Waals surface area contributed by atoms with E-state index in [1.807, 2.05) is 54.1 Å². The molecule has 24 heavy (non-hydrogen) atoms. The summed E-state index contributed by atoms with van der Waals surface area (Å²) < 4.78 is 0. The van der Waals surface area contributed by atoms with Crippen molar-refractivity contribution < 1.29 is 0 Å². The minimum atomic E-state index is -0.333. The van der Waals surface area contributed by atoms with Gasteiger partial charge in [0.05, 0.1) is 5.56 Å². The third-order valence-electron chi connectivity index (χ3n) is 4.00. The predicted molar refractivity (Wildman–Crippen MR) is 98.2 cm³/mol. The van der Waals surface area contributed by atoms with Gasteiger partial charge in [0.2, 0.25) is 6.29 Å². The quantitative estimate of drug-likeness (QED) is 0.792. The second-order valence-corrected chi connectivity index (χ2v) is 6.35. The number of nitrogens with zero attached hydrogens (tertiary/aromatic N) is 5. The maximum absolute atomic E-state index is 6.12. The molecule has 1 N–H and O–H groups in total. The van der Waals surface area contributed by atoms with E-state index in [-0.39, 0.29) is 6.29 Å². The number of hydrogen-bond acceptors (Lipinski definition) is 6. The maximum Gasteiger partial charge on any atom is 0.219 e. The van der Waals surface area contributed by atoms with Crippen LogP contribution in [0.1, 0.15) is 12.5 Å². The predicted octanol–water partition coefficient (Wildman–Crippen LogP) is 3.31. The number of hydrogen-bond donors (Lipinski definition) is 1. The van der Waals surface area contributed by atoms with Gasteiger partial charge < -0.3 is 4.90 Å². The zero-order valence-electron chi connectivity index (χ0n) is 13.0. The molecule has 1 atom stereocenters. The lowest BCUT2D eigenvalue weighted by atomic mass is 10.1. The number of aliphatic imine (C=N–C) groups is 1. The first-order valence-corrected chi connectivity index (χ1v) is 8.13. The van der Waals surface area contributed by atoms with E-state index in [2.05, 4.69) is 15.5 Å². The van der Waals surface area contributed by atoms with Gasteiger partial charge in [0.25, 0.3) is 0 Å². The summed E-state index contributed by atoms with van der Waals surface area (Å²) in [6.45, 7) is 1.90. The molecule has 1 aromatic carbocycles. The molecule has 0 saturated heterocycles. The van der Waals surface area contributed by atoms with E-state index in [0.717, 1.165) is 28.7 Å². The van der Waals surface area contributed by atoms with Crippen LogP contribution in [0.4, 0.5) is 11.5 Å². The monoisotopic (exact) mass is 360 g/mol. The van der Waals surface area contributed by atoms with Crippen LogP contribution < -0.4 is 15.2 Å². The summed E-state index contributed by atoms with van der Waals surface area (Å²) in [7, 11) is 1.95. The Morgan fingerprint density at radius 1 is 1.21 bits per heavy atom. The number of hydrazone groups is 1. The van der Waals surface area contributed by atoms with Crippen molar-refractivity contribution in [3.05, 3.63) is 52.1 Å². The van der Waals surface area contributed by atoms with Crippen molar-refractivity contribution in [2.75, 3.05) is 16.8 Å². The maximum atomic E-state index is 6.12. The van der Waals surface area contributed by atoms with Crippen LogP contribution in [0, 0.1) is 0 Å². The molecular formula is C16H14Cl2N6. The molecule has 0 aliphatic carbocycles. The fourth-order valence-electron chi connectivity index (χ4n) is 2.84. The number of amidine groups is 2. The molecule has 0 saturated carbocycles. The molecule has 8 heteroatoms. The van der Waals surface area contributed by atoms with Crippen LogP contribution in [0.25, 0.3) is 0 Å². The molecule has 0 spiro atoms. The van der Waals surface area contributed by atoms with Crippen LogP contribution >= 0.6 is 23.2 Å². The van der Waals surface area contributed by atoms with Gasteiger partial charge in [-0.2, -0.15) is 5.10 Å². The first-order valence-electron chi connectivity index (χ1n) is 7.37. The highest BCUT2D eigenvalue weighted by molar-refractivity contribution is 6.31. The smallest absolute Gasteiger partial charge is 0.219 e. The number of fused-ring (bicyclic) bond motifs is 3. The minimum Gasteiger partial charge on any atom is -0.329 e. The number of pyridine rings is 1. The van der Waals surface area contributed by atoms with E-state index in [1.54, 1.807) is 6.07 Å². The summed E-state index contributed by atoms with van der Waals surface area (Å²) in [5.41, 5.74) is 4.83. The third-order valence-corrected chi connectivity index (χ3v) is 4.45. The van der Waals surface area contributed by atoms with Crippen LogP contribution in [0.3, 0.4) is 0 Å². The zero-order valence-corrected chi connectivity index (χ0v) is 14.5. The number of benzene rings is 1. The average molecular weight is 361 g/mol. The summed E-state index contributed by atoms with van der Waals surface area (Å²) in [4.78, 5) is 13.2. The average Bonchev–Trinajstić information content (AvgIpc) is 2.94. The van der Waals surface area contributed by atoms with Gasteiger partial charge in [-0.3, -0.25) is 10.3 Å². The highest BCUT2D eigenvalue weighted by Crippen LogP contribution is 2.32. The summed E-state index contributed by atoms with van der Waals surface area (Å²) >= 11 is 12.2. The van der Waals surface area contributed by atoms with Crippen molar-refractivity contribution >= 4 is 46.4 Å². The topological polar surface area (TPSA) is 56.1 Å². The Kier molecular flexibility index (Phi) is 3.58. The molecular weight excluding hydrogens is 347 g/mol. The molecule has 0 bridgehead atoms. The highest BCUT2D eigenvalue weighted by atomic mass is 35.5. The van der Waals surface area contributed by atoms with Gasteiger partial charge in [-0.05, 0) is 37.3 Å². The second kappa shape index (κ2) is 5.65. The van der Waals surface area contributed by atoms with E-state index in [1.165, 1.54) is 0 Å². The van der Waals surface area contributed by atoms with Gasteiger partial charge in [0.1, 0.15) is 22.6 Å². The van der Waals surface area contributed by atoms with Gasteiger partial charge in [0.15, 0.2) is 0 Å². The van der Waals surface area contributed by atoms with E-state index < -0.39 is 0 Å². The molecule has 1 aromatic heterocycles. The van der Waals surface area contributed by atoms with Crippen molar-refractivity contribution in [3.8, 4) is 0 Å². The number of halogens is 2. The molecule has 6 nitrogen and oxygen atoms in total. The molecule has 0 amide bonds. The van der Waals surface area contributed by atoms with E-state index in [9.17, 15) is 0 Å². The van der Waals surface area contributed by atoms with Gasteiger partial charge in [-0.15, -0.1) is 0 Å². The lowest BCUT2D eigenvalue weighted by Gasteiger charge is -2.33. The van der Waals surface area contributed by atoms with Crippen LogP contribution in [0.5, 0.6) is 0 Å². The number of nitrogens with one attached hydrogen (secondary N) is 1. The number of aromatic nitrogens is 1. The highest BCUT2D eigenvalue weighted by Gasteiger charge is 2.35. The Bertz CT molecular complexity index is 879. The lowest BCUT2D eigenvalue weighted by molar-refractivity contribution is 0.598. The Morgan fingerprint density at radius 2 is 2.04 bits per heavy atom. The first-order chi connectivity index (χ1) is 11.5. The Balaban J connectivity index is 1.83. The largest absolute Gasteiger partial charge is 0.329 e. The molecule has 3 heterocycles. The fraction of sp³-hybridized carbons (Fsp3) is 0.188. The van der Waals surface area contributed by atoms with E-state index in [4.69, 9.17) is 28.2 Å². The molecule has 2 aliphatic heterocycles. The van der Waals surface area contributed by atoms with Crippen LogP contribution in [-0.2, 0) is 0 Å². The van der Waals surface area contributed by atoms with E-state index >= 15 is 0 Å². The van der Waals surface area contributed by atoms with Crippen LogP contribution in [-0.4, -0.2) is 30.0 Å². The van der Waals surface area contributed by atoms with Crippen molar-refractivity contribution in [1.82, 2.24) is 10.4 Å². The Hall–Kier alpha value is -2.31. The summed E-state index contributed by atoms with van der Waals surface area (Å²) in [6.07, 6.45) is -0.333. The number of rotatable bonds is 1. The molecule has 0 fully saturated rings. The van der Waals surface area contributed by atoms with Crippen molar-refractivity contribution in [1.29, 1.82) is 0 Å². The SMILES string of the molecule is CC1=NNC2N=C(N(C)c3cccc(Cl)c3)c3ccc(Cl)nc3N12. The van der Waals surface area contributed by atoms with Gasteiger partial charge in [-0.1, -0.05) is 29.3 Å². The van der Waals surface area contributed by atoms with E-state index in [0.29, 0.717) is 10.2 Å². The van der Waals surface area contributed by atoms with Crippen LogP contribution in [0.2, 0.25) is 10.2 Å². The molecule has 4 rings (SSSR count). The molecule has 1 unspecified atom stereocenters. The van der Waals surface area contributed by atoms with Crippen molar-refractivity contribution in [3.63, 3.8) is 0 Å². The molecule has 122 valence electrons. The Labute approximate surface area is 149 Å². The third kappa shape index (κ3) is 2.39. The van der Waals surface area contributed by atoms with Gasteiger partial charge >= 0.3 is 0 Å². The molecule has 2 aliphatic rings.